The summed E-state index contributed by atoms with van der Waals surface area (Å²) in [6, 6.07) is 12.5. The number of hydrogen-bond donors (Lipinski definition) is 2. The van der Waals surface area contributed by atoms with Crippen molar-refractivity contribution < 1.29 is 14.4 Å². The van der Waals surface area contributed by atoms with E-state index in [0.29, 0.717) is 12.2 Å². The van der Waals surface area contributed by atoms with Gasteiger partial charge in [0.15, 0.2) is 0 Å². The van der Waals surface area contributed by atoms with Crippen LogP contribution in [0.15, 0.2) is 47.2 Å². The molecular formula is C21H24N3O2S2+. The van der Waals surface area contributed by atoms with E-state index in [4.69, 9.17) is 4.74 Å². The Hall–Kier alpha value is -2.22. The van der Waals surface area contributed by atoms with Crippen LogP contribution >= 0.6 is 22.7 Å². The van der Waals surface area contributed by atoms with Crippen molar-refractivity contribution >= 4 is 28.6 Å². The molecular weight excluding hydrogens is 390 g/mol. The van der Waals surface area contributed by atoms with Crippen molar-refractivity contribution in [3.8, 4) is 15.6 Å². The topological polar surface area (TPSA) is 55.7 Å². The molecule has 1 amide bonds. The molecule has 4 rings (SSSR count). The third-order valence-electron chi connectivity index (χ3n) is 5.19. The summed E-state index contributed by atoms with van der Waals surface area (Å²) in [4.78, 5) is 19.8. The molecule has 0 saturated carbocycles. The second-order valence-corrected chi connectivity index (χ2v) is 8.72. The highest BCUT2D eigenvalue weighted by Crippen LogP contribution is 2.27. The third-order valence-corrected chi connectivity index (χ3v) is 7.07. The van der Waals surface area contributed by atoms with Crippen molar-refractivity contribution in [1.29, 1.82) is 0 Å². The van der Waals surface area contributed by atoms with Gasteiger partial charge in [0, 0.05) is 23.8 Å². The summed E-state index contributed by atoms with van der Waals surface area (Å²) < 4.78 is 5.28. The standard InChI is InChI=1S/C21H23N3O2S2/c1-26-16-8-6-15(7-9-16)18(24-10-2-3-11-24)13-22-20(25)17-14-28-21(23-17)19-5-4-12-27-19/h4-9,12,14,18H,2-3,10-11,13H2,1H3,(H,22,25)/p+1/t18-/m1/s1. The van der Waals surface area contributed by atoms with Crippen molar-refractivity contribution in [2.45, 2.75) is 18.9 Å². The molecule has 1 aromatic carbocycles. The first-order valence-electron chi connectivity index (χ1n) is 9.51. The highest BCUT2D eigenvalue weighted by atomic mass is 32.1. The molecule has 5 nitrogen and oxygen atoms in total. The number of methoxy groups -OCH3 is 1. The normalized spacial score (nSPS) is 15.5. The summed E-state index contributed by atoms with van der Waals surface area (Å²) in [5.74, 6) is 0.753. The number of thiazole rings is 1. The largest absolute Gasteiger partial charge is 0.497 e. The Morgan fingerprint density at radius 3 is 2.68 bits per heavy atom. The molecule has 1 fully saturated rings. The summed E-state index contributed by atoms with van der Waals surface area (Å²) >= 11 is 3.15. The number of hydrogen-bond acceptors (Lipinski definition) is 5. The van der Waals surface area contributed by atoms with E-state index in [1.807, 2.05) is 35.0 Å². The SMILES string of the molecule is COc1ccc([C@@H](CNC(=O)c2csc(-c3cccs3)n2)[NH+]2CCCC2)cc1. The van der Waals surface area contributed by atoms with E-state index in [-0.39, 0.29) is 11.9 Å². The molecule has 0 unspecified atom stereocenters. The molecule has 0 radical (unpaired) electrons. The lowest BCUT2D eigenvalue weighted by atomic mass is 10.1. The Morgan fingerprint density at radius 2 is 2.00 bits per heavy atom. The first-order valence-corrected chi connectivity index (χ1v) is 11.3. The Balaban J connectivity index is 1.45. The Kier molecular flexibility index (Phi) is 6.04. The van der Waals surface area contributed by atoms with E-state index in [0.717, 1.165) is 28.7 Å². The lowest BCUT2D eigenvalue weighted by Crippen LogP contribution is -3.11. The monoisotopic (exact) mass is 414 g/mol. The third kappa shape index (κ3) is 4.27. The lowest BCUT2D eigenvalue weighted by Gasteiger charge is -2.25. The predicted octanol–water partition coefficient (Wildman–Crippen LogP) is 3.03. The second kappa shape index (κ2) is 8.86. The first-order chi connectivity index (χ1) is 13.7. The van der Waals surface area contributed by atoms with Crippen LogP contribution in [0.3, 0.4) is 0 Å². The van der Waals surface area contributed by atoms with Crippen LogP contribution in [0.5, 0.6) is 5.75 Å². The van der Waals surface area contributed by atoms with Crippen molar-refractivity contribution in [3.05, 3.63) is 58.4 Å². The molecule has 0 spiro atoms. The zero-order valence-electron chi connectivity index (χ0n) is 15.8. The highest BCUT2D eigenvalue weighted by Gasteiger charge is 2.28. The van der Waals surface area contributed by atoms with Gasteiger partial charge in [-0.1, -0.05) is 6.07 Å². The number of thiophene rings is 1. The Bertz CT molecular complexity index is 900. The number of aromatic nitrogens is 1. The minimum atomic E-state index is -0.101. The fourth-order valence-corrected chi connectivity index (χ4v) is 5.30. The van der Waals surface area contributed by atoms with E-state index in [1.54, 1.807) is 18.4 Å². The molecule has 1 aliphatic rings. The zero-order chi connectivity index (χ0) is 19.3. The minimum absolute atomic E-state index is 0.101. The molecule has 1 atom stereocenters. The molecule has 2 aromatic heterocycles. The molecule has 0 bridgehead atoms. The summed E-state index contributed by atoms with van der Waals surface area (Å²) in [6.07, 6.45) is 2.48. The van der Waals surface area contributed by atoms with E-state index in [1.165, 1.54) is 34.6 Å². The summed E-state index contributed by atoms with van der Waals surface area (Å²) in [5.41, 5.74) is 1.73. The average molecular weight is 415 g/mol. The van der Waals surface area contributed by atoms with Crippen LogP contribution in [0.1, 0.15) is 34.9 Å². The molecule has 2 N–H and O–H groups in total. The van der Waals surface area contributed by atoms with Crippen molar-refractivity contribution in [1.82, 2.24) is 10.3 Å². The van der Waals surface area contributed by atoms with Crippen LogP contribution in [0, 0.1) is 0 Å². The van der Waals surface area contributed by atoms with E-state index >= 15 is 0 Å². The number of nitrogens with one attached hydrogen (secondary N) is 2. The van der Waals surface area contributed by atoms with Gasteiger partial charge in [0.25, 0.3) is 5.91 Å². The molecule has 0 aliphatic carbocycles. The molecule has 3 heterocycles. The fourth-order valence-electron chi connectivity index (χ4n) is 3.69. The van der Waals surface area contributed by atoms with Gasteiger partial charge < -0.3 is 15.0 Å². The lowest BCUT2D eigenvalue weighted by molar-refractivity contribution is -0.918. The molecule has 7 heteroatoms. The van der Waals surface area contributed by atoms with Crippen molar-refractivity contribution in [3.63, 3.8) is 0 Å². The smallest absolute Gasteiger partial charge is 0.271 e. The number of likely N-dealkylation sites (tertiary alicyclic amines) is 1. The fraction of sp³-hybridized carbons (Fsp3) is 0.333. The maximum Gasteiger partial charge on any atom is 0.271 e. The van der Waals surface area contributed by atoms with Crippen LogP contribution in [0.25, 0.3) is 9.88 Å². The van der Waals surface area contributed by atoms with Crippen LogP contribution in [-0.2, 0) is 0 Å². The van der Waals surface area contributed by atoms with Crippen LogP contribution in [-0.4, -0.2) is 37.6 Å². The number of carbonyl (C=O) groups excluding carboxylic acids is 1. The average Bonchev–Trinajstić information content (AvgIpc) is 3.50. The quantitative estimate of drug-likeness (QED) is 0.625. The number of rotatable bonds is 7. The Labute approximate surface area is 173 Å². The van der Waals surface area contributed by atoms with Gasteiger partial charge in [-0.05, 0) is 35.7 Å². The minimum Gasteiger partial charge on any atom is -0.497 e. The molecule has 28 heavy (non-hydrogen) atoms. The molecule has 1 saturated heterocycles. The van der Waals surface area contributed by atoms with Gasteiger partial charge in [0.2, 0.25) is 0 Å². The number of amides is 1. The maximum atomic E-state index is 12.7. The van der Waals surface area contributed by atoms with E-state index in [2.05, 4.69) is 22.4 Å². The summed E-state index contributed by atoms with van der Waals surface area (Å²) in [5, 5.41) is 7.88. The zero-order valence-corrected chi connectivity index (χ0v) is 17.4. The summed E-state index contributed by atoms with van der Waals surface area (Å²) in [7, 11) is 1.68. The number of ether oxygens (including phenoxy) is 1. The van der Waals surface area contributed by atoms with Gasteiger partial charge in [-0.15, -0.1) is 22.7 Å². The highest BCUT2D eigenvalue weighted by molar-refractivity contribution is 7.20. The Morgan fingerprint density at radius 1 is 1.21 bits per heavy atom. The first kappa shape index (κ1) is 19.1. The van der Waals surface area contributed by atoms with Gasteiger partial charge >= 0.3 is 0 Å². The van der Waals surface area contributed by atoms with Crippen molar-refractivity contribution in [2.75, 3.05) is 26.7 Å². The van der Waals surface area contributed by atoms with Crippen LogP contribution in [0.4, 0.5) is 0 Å². The number of quaternary nitrogens is 1. The van der Waals surface area contributed by atoms with Crippen LogP contribution < -0.4 is 15.0 Å². The molecule has 146 valence electrons. The van der Waals surface area contributed by atoms with E-state index in [9.17, 15) is 4.79 Å². The number of benzene rings is 1. The van der Waals surface area contributed by atoms with Gasteiger partial charge in [-0.2, -0.15) is 0 Å². The maximum absolute atomic E-state index is 12.7. The predicted molar refractivity (Wildman–Crippen MR) is 113 cm³/mol. The van der Waals surface area contributed by atoms with Gasteiger partial charge in [0.05, 0.1) is 31.6 Å². The number of nitrogens with zero attached hydrogens (tertiary/aromatic N) is 1. The second-order valence-electron chi connectivity index (χ2n) is 6.92. The van der Waals surface area contributed by atoms with Crippen LogP contribution in [0.2, 0.25) is 0 Å². The van der Waals surface area contributed by atoms with Gasteiger partial charge in [-0.25, -0.2) is 4.98 Å². The van der Waals surface area contributed by atoms with Gasteiger partial charge in [-0.3, -0.25) is 4.79 Å². The molecule has 3 aromatic rings. The van der Waals surface area contributed by atoms with Crippen molar-refractivity contribution in [2.24, 2.45) is 0 Å². The molecule has 1 aliphatic heterocycles. The van der Waals surface area contributed by atoms with Gasteiger partial charge in [0.1, 0.15) is 22.5 Å². The number of carbonyl (C=O) groups is 1. The van der Waals surface area contributed by atoms with E-state index < -0.39 is 0 Å². The summed E-state index contributed by atoms with van der Waals surface area (Å²) in [6.45, 7) is 2.89.